The first-order valence-corrected chi connectivity index (χ1v) is 12.7. The molecule has 7 nitrogen and oxygen atoms in total. The molecule has 1 spiro atoms. The van der Waals surface area contributed by atoms with Crippen LogP contribution >= 0.6 is 23.4 Å². The van der Waals surface area contributed by atoms with Crippen LogP contribution in [0.5, 0.6) is 0 Å². The highest BCUT2D eigenvalue weighted by atomic mass is 35.5. The van der Waals surface area contributed by atoms with Crippen LogP contribution in [0.4, 0.5) is 5.82 Å². The monoisotopic (exact) mass is 492 g/mol. The van der Waals surface area contributed by atoms with E-state index in [0.29, 0.717) is 16.5 Å². The van der Waals surface area contributed by atoms with Crippen molar-refractivity contribution in [2.24, 2.45) is 5.41 Å². The number of aromatic nitrogens is 5. The van der Waals surface area contributed by atoms with Crippen LogP contribution < -0.4 is 4.90 Å². The summed E-state index contributed by atoms with van der Waals surface area (Å²) < 4.78 is 7.60. The SMILES string of the molecule is C[C@H]1CC2(CCN(c3cnc(Sc4cccc(-c5cnc6ccnn6c5)c4Cl)cn3)CC2)CO1. The molecule has 0 unspecified atom stereocenters. The number of fused-ring (bicyclic) bond motifs is 1. The fraction of sp³-hybridized carbons (Fsp3) is 0.360. The third kappa shape index (κ3) is 4.15. The molecule has 1 aromatic carbocycles. The topological polar surface area (TPSA) is 68.4 Å². The lowest BCUT2D eigenvalue weighted by Crippen LogP contribution is -2.41. The van der Waals surface area contributed by atoms with Crippen LogP contribution in [0, 0.1) is 5.41 Å². The number of piperidine rings is 1. The molecule has 0 N–H and O–H groups in total. The van der Waals surface area contributed by atoms with E-state index in [1.807, 2.05) is 49.1 Å². The standard InChI is InChI=1S/C25H25ClN6OS/c1-17-11-25(16-33-17)6-9-31(10-7-25)22-13-29-23(14-28-22)34-20-4-2-3-19(24(20)26)18-12-27-21-5-8-30-32(21)15-18/h2-5,8,12-15,17H,6-7,9-11,16H2,1H3/t17-/m0/s1. The summed E-state index contributed by atoms with van der Waals surface area (Å²) in [6.45, 7) is 5.08. The van der Waals surface area contributed by atoms with Gasteiger partial charge in [0.2, 0.25) is 0 Å². The molecule has 0 bridgehead atoms. The van der Waals surface area contributed by atoms with Crippen LogP contribution in [0.2, 0.25) is 5.02 Å². The second-order valence-electron chi connectivity index (χ2n) is 9.22. The number of halogens is 1. The van der Waals surface area contributed by atoms with Gasteiger partial charge in [-0.05, 0) is 37.7 Å². The van der Waals surface area contributed by atoms with Crippen LogP contribution in [0.15, 0.2) is 65.2 Å². The van der Waals surface area contributed by atoms with E-state index in [2.05, 4.69) is 26.9 Å². The highest BCUT2D eigenvalue weighted by molar-refractivity contribution is 7.99. The number of ether oxygens (including phenoxy) is 1. The largest absolute Gasteiger partial charge is 0.378 e. The highest BCUT2D eigenvalue weighted by Crippen LogP contribution is 2.42. The first-order chi connectivity index (χ1) is 16.6. The van der Waals surface area contributed by atoms with Gasteiger partial charge >= 0.3 is 0 Å². The molecule has 174 valence electrons. The van der Waals surface area contributed by atoms with Crippen molar-refractivity contribution < 1.29 is 4.74 Å². The van der Waals surface area contributed by atoms with Gasteiger partial charge in [0.1, 0.15) is 10.8 Å². The predicted octanol–water partition coefficient (Wildman–Crippen LogP) is 5.39. The molecule has 2 aliphatic heterocycles. The summed E-state index contributed by atoms with van der Waals surface area (Å²) >= 11 is 8.31. The second-order valence-corrected chi connectivity index (χ2v) is 10.7. The molecule has 4 aromatic rings. The first kappa shape index (κ1) is 21.8. The zero-order chi connectivity index (χ0) is 23.1. The molecule has 2 fully saturated rings. The van der Waals surface area contributed by atoms with Crippen LogP contribution in [-0.2, 0) is 4.74 Å². The van der Waals surface area contributed by atoms with Crippen LogP contribution in [0.3, 0.4) is 0 Å². The van der Waals surface area contributed by atoms with Crippen LogP contribution in [0.1, 0.15) is 26.2 Å². The van der Waals surface area contributed by atoms with E-state index in [0.717, 1.165) is 65.1 Å². The maximum atomic E-state index is 6.80. The summed E-state index contributed by atoms with van der Waals surface area (Å²) in [7, 11) is 0. The van der Waals surface area contributed by atoms with E-state index in [-0.39, 0.29) is 0 Å². The van der Waals surface area contributed by atoms with Crippen LogP contribution in [0.25, 0.3) is 16.8 Å². The smallest absolute Gasteiger partial charge is 0.154 e. The van der Waals surface area contributed by atoms with Gasteiger partial charge in [-0.1, -0.05) is 35.5 Å². The Bertz CT molecular complexity index is 1320. The maximum Gasteiger partial charge on any atom is 0.154 e. The van der Waals surface area contributed by atoms with Crippen LogP contribution in [-0.4, -0.2) is 50.4 Å². The molecular formula is C25H25ClN6OS. The Morgan fingerprint density at radius 3 is 2.74 bits per heavy atom. The Morgan fingerprint density at radius 2 is 1.97 bits per heavy atom. The van der Waals surface area contributed by atoms with Crippen molar-refractivity contribution in [2.75, 3.05) is 24.6 Å². The molecule has 5 heterocycles. The van der Waals surface area contributed by atoms with Crippen molar-refractivity contribution in [1.29, 1.82) is 0 Å². The summed E-state index contributed by atoms with van der Waals surface area (Å²) in [4.78, 5) is 17.1. The van der Waals surface area contributed by atoms with Crippen molar-refractivity contribution in [2.45, 2.75) is 42.2 Å². The number of benzene rings is 1. The minimum atomic E-state index is 0.359. The predicted molar refractivity (Wildman–Crippen MR) is 133 cm³/mol. The third-order valence-electron chi connectivity index (χ3n) is 6.89. The van der Waals surface area contributed by atoms with Crippen molar-refractivity contribution in [3.63, 3.8) is 0 Å². The Labute approximate surface area is 207 Å². The number of rotatable bonds is 4. The molecule has 2 saturated heterocycles. The van der Waals surface area contributed by atoms with E-state index < -0.39 is 0 Å². The average Bonchev–Trinajstić information content (AvgIpc) is 3.47. The fourth-order valence-corrected chi connectivity index (χ4v) is 6.14. The summed E-state index contributed by atoms with van der Waals surface area (Å²) in [6.07, 6.45) is 13.1. The molecular weight excluding hydrogens is 468 g/mol. The van der Waals surface area contributed by atoms with Crippen molar-refractivity contribution in [3.8, 4) is 11.1 Å². The normalized spacial score (nSPS) is 19.8. The van der Waals surface area contributed by atoms with Gasteiger partial charge in [0, 0.05) is 47.6 Å². The van der Waals surface area contributed by atoms with E-state index in [9.17, 15) is 0 Å². The number of anilines is 1. The second kappa shape index (κ2) is 8.83. The summed E-state index contributed by atoms with van der Waals surface area (Å²) in [5.41, 5.74) is 2.98. The van der Waals surface area contributed by atoms with E-state index in [1.54, 1.807) is 10.7 Å². The van der Waals surface area contributed by atoms with Gasteiger partial charge in [-0.15, -0.1) is 0 Å². The minimum Gasteiger partial charge on any atom is -0.378 e. The molecule has 1 atom stereocenters. The summed E-state index contributed by atoms with van der Waals surface area (Å²) in [5.74, 6) is 0.935. The molecule has 9 heteroatoms. The highest BCUT2D eigenvalue weighted by Gasteiger charge is 2.41. The lowest BCUT2D eigenvalue weighted by molar-refractivity contribution is 0.0976. The van der Waals surface area contributed by atoms with Crippen molar-refractivity contribution >= 4 is 34.8 Å². The van der Waals surface area contributed by atoms with Crippen molar-refractivity contribution in [1.82, 2.24) is 24.6 Å². The molecule has 0 saturated carbocycles. The molecule has 0 aliphatic carbocycles. The van der Waals surface area contributed by atoms with E-state index >= 15 is 0 Å². The summed E-state index contributed by atoms with van der Waals surface area (Å²) in [5, 5.41) is 5.76. The Balaban J connectivity index is 1.16. The first-order valence-electron chi connectivity index (χ1n) is 11.5. The Hall–Kier alpha value is -2.68. The maximum absolute atomic E-state index is 6.80. The van der Waals surface area contributed by atoms with Gasteiger partial charge in [-0.3, -0.25) is 0 Å². The molecule has 2 aliphatic rings. The van der Waals surface area contributed by atoms with Gasteiger partial charge in [0.15, 0.2) is 5.65 Å². The molecule has 0 radical (unpaired) electrons. The lowest BCUT2D eigenvalue weighted by atomic mass is 9.77. The van der Waals surface area contributed by atoms with Gasteiger partial charge in [0.05, 0.1) is 36.3 Å². The van der Waals surface area contributed by atoms with E-state index in [4.69, 9.17) is 21.3 Å². The zero-order valence-electron chi connectivity index (χ0n) is 18.9. The lowest BCUT2D eigenvalue weighted by Gasteiger charge is -2.38. The van der Waals surface area contributed by atoms with Gasteiger partial charge < -0.3 is 9.64 Å². The summed E-state index contributed by atoms with van der Waals surface area (Å²) in [6, 6.07) is 7.86. The van der Waals surface area contributed by atoms with Gasteiger partial charge in [0.25, 0.3) is 0 Å². The molecule has 3 aromatic heterocycles. The number of hydrogen-bond acceptors (Lipinski definition) is 7. The minimum absolute atomic E-state index is 0.359. The number of hydrogen-bond donors (Lipinski definition) is 0. The van der Waals surface area contributed by atoms with Crippen molar-refractivity contribution in [3.05, 3.63) is 60.3 Å². The van der Waals surface area contributed by atoms with Gasteiger partial charge in [-0.25, -0.2) is 19.5 Å². The fourth-order valence-electron chi connectivity index (χ4n) is 5.00. The zero-order valence-corrected chi connectivity index (χ0v) is 20.5. The Morgan fingerprint density at radius 1 is 1.09 bits per heavy atom. The molecule has 0 amide bonds. The van der Waals surface area contributed by atoms with E-state index in [1.165, 1.54) is 18.2 Å². The number of nitrogens with zero attached hydrogens (tertiary/aromatic N) is 6. The quantitative estimate of drug-likeness (QED) is 0.378. The third-order valence-corrected chi connectivity index (χ3v) is 8.39. The van der Waals surface area contributed by atoms with Gasteiger partial charge in [-0.2, -0.15) is 5.10 Å². The molecule has 34 heavy (non-hydrogen) atoms. The Kier molecular flexibility index (Phi) is 5.67. The average molecular weight is 493 g/mol. The molecule has 6 rings (SSSR count).